The van der Waals surface area contributed by atoms with E-state index in [0.717, 1.165) is 13.0 Å². The Morgan fingerprint density at radius 2 is 2.17 bits per heavy atom. The van der Waals surface area contributed by atoms with Crippen molar-refractivity contribution < 1.29 is 14.2 Å². The monoisotopic (exact) mass is 175 g/mol. The van der Waals surface area contributed by atoms with Crippen LogP contribution in [0.1, 0.15) is 13.3 Å². The molecule has 1 aliphatic heterocycles. The van der Waals surface area contributed by atoms with Crippen LogP contribution in [0.2, 0.25) is 0 Å². The molecule has 0 aromatic rings. The van der Waals surface area contributed by atoms with Gasteiger partial charge in [-0.3, -0.25) is 0 Å². The van der Waals surface area contributed by atoms with Gasteiger partial charge in [0.05, 0.1) is 19.3 Å². The van der Waals surface area contributed by atoms with Crippen LogP contribution < -0.4 is 5.73 Å². The smallest absolute Gasteiger partial charge is 0.172 e. The molecule has 1 unspecified atom stereocenters. The van der Waals surface area contributed by atoms with Crippen LogP contribution in [-0.4, -0.2) is 38.8 Å². The zero-order valence-corrected chi connectivity index (χ0v) is 7.49. The normalized spacial score (nSPS) is 21.5. The first-order valence-corrected chi connectivity index (χ1v) is 4.41. The SMILES string of the molecule is CCOCCC(N)C1OCCO1. The fourth-order valence-corrected chi connectivity index (χ4v) is 1.12. The highest BCUT2D eigenvalue weighted by molar-refractivity contribution is 4.68. The van der Waals surface area contributed by atoms with Gasteiger partial charge in [0.1, 0.15) is 0 Å². The molecule has 1 heterocycles. The van der Waals surface area contributed by atoms with Crippen molar-refractivity contribution in [3.63, 3.8) is 0 Å². The molecule has 1 rings (SSSR count). The third-order valence-electron chi connectivity index (χ3n) is 1.80. The summed E-state index contributed by atoms with van der Waals surface area (Å²) < 4.78 is 15.7. The van der Waals surface area contributed by atoms with Gasteiger partial charge in [0.15, 0.2) is 6.29 Å². The van der Waals surface area contributed by atoms with Gasteiger partial charge in [-0.25, -0.2) is 0 Å². The predicted molar refractivity (Wildman–Crippen MR) is 44.8 cm³/mol. The van der Waals surface area contributed by atoms with Gasteiger partial charge < -0.3 is 19.9 Å². The van der Waals surface area contributed by atoms with Gasteiger partial charge in [-0.1, -0.05) is 0 Å². The Morgan fingerprint density at radius 1 is 1.50 bits per heavy atom. The van der Waals surface area contributed by atoms with Crippen LogP contribution >= 0.6 is 0 Å². The quantitative estimate of drug-likeness (QED) is 0.603. The van der Waals surface area contributed by atoms with Crippen LogP contribution in [0.15, 0.2) is 0 Å². The first kappa shape index (κ1) is 9.92. The molecule has 0 radical (unpaired) electrons. The second-order valence-corrected chi connectivity index (χ2v) is 2.76. The van der Waals surface area contributed by atoms with Gasteiger partial charge in [-0.15, -0.1) is 0 Å². The minimum atomic E-state index is -0.217. The Morgan fingerprint density at radius 3 is 2.75 bits per heavy atom. The van der Waals surface area contributed by atoms with Crippen molar-refractivity contribution in [2.24, 2.45) is 5.73 Å². The third-order valence-corrected chi connectivity index (χ3v) is 1.80. The summed E-state index contributed by atoms with van der Waals surface area (Å²) in [5, 5.41) is 0. The average Bonchev–Trinajstić information content (AvgIpc) is 2.56. The highest BCUT2D eigenvalue weighted by Gasteiger charge is 2.22. The van der Waals surface area contributed by atoms with Crippen molar-refractivity contribution in [2.75, 3.05) is 26.4 Å². The molecular weight excluding hydrogens is 158 g/mol. The van der Waals surface area contributed by atoms with Crippen molar-refractivity contribution in [3.05, 3.63) is 0 Å². The molecule has 0 spiro atoms. The maximum atomic E-state index is 5.79. The molecule has 12 heavy (non-hydrogen) atoms. The predicted octanol–water partition coefficient (Wildman–Crippen LogP) is 0.113. The molecule has 4 heteroatoms. The van der Waals surface area contributed by atoms with E-state index in [4.69, 9.17) is 19.9 Å². The lowest BCUT2D eigenvalue weighted by Gasteiger charge is -2.17. The van der Waals surface area contributed by atoms with Gasteiger partial charge in [-0.05, 0) is 13.3 Å². The maximum Gasteiger partial charge on any atom is 0.172 e. The highest BCUT2D eigenvalue weighted by Crippen LogP contribution is 2.09. The summed E-state index contributed by atoms with van der Waals surface area (Å²) in [5.74, 6) is 0. The van der Waals surface area contributed by atoms with Crippen molar-refractivity contribution in [1.29, 1.82) is 0 Å². The summed E-state index contributed by atoms with van der Waals surface area (Å²) in [5.41, 5.74) is 5.79. The standard InChI is InChI=1S/C8H17NO3/c1-2-10-4-3-7(9)8-11-5-6-12-8/h7-8H,2-6,9H2,1H3. The fourth-order valence-electron chi connectivity index (χ4n) is 1.12. The lowest BCUT2D eigenvalue weighted by atomic mass is 10.2. The summed E-state index contributed by atoms with van der Waals surface area (Å²) >= 11 is 0. The zero-order chi connectivity index (χ0) is 8.81. The van der Waals surface area contributed by atoms with Gasteiger partial charge in [0.25, 0.3) is 0 Å². The molecule has 0 aliphatic carbocycles. The molecule has 2 N–H and O–H groups in total. The second kappa shape index (κ2) is 5.48. The van der Waals surface area contributed by atoms with Gasteiger partial charge in [0, 0.05) is 13.2 Å². The van der Waals surface area contributed by atoms with Crippen LogP contribution in [0.5, 0.6) is 0 Å². The molecule has 0 saturated carbocycles. The molecule has 1 saturated heterocycles. The molecule has 72 valence electrons. The number of rotatable bonds is 5. The van der Waals surface area contributed by atoms with E-state index in [9.17, 15) is 0 Å². The van der Waals surface area contributed by atoms with E-state index in [2.05, 4.69) is 0 Å². The minimum Gasteiger partial charge on any atom is -0.382 e. The summed E-state index contributed by atoms with van der Waals surface area (Å²) in [4.78, 5) is 0. The summed E-state index contributed by atoms with van der Waals surface area (Å²) in [6, 6.07) is -0.0564. The molecule has 0 bridgehead atoms. The fraction of sp³-hybridized carbons (Fsp3) is 1.00. The van der Waals surface area contributed by atoms with E-state index in [1.807, 2.05) is 6.92 Å². The average molecular weight is 175 g/mol. The Kier molecular flexibility index (Phi) is 4.53. The van der Waals surface area contributed by atoms with Crippen LogP contribution in [0.4, 0.5) is 0 Å². The van der Waals surface area contributed by atoms with Crippen LogP contribution in [-0.2, 0) is 14.2 Å². The van der Waals surface area contributed by atoms with Crippen molar-refractivity contribution in [3.8, 4) is 0 Å². The van der Waals surface area contributed by atoms with E-state index >= 15 is 0 Å². The second-order valence-electron chi connectivity index (χ2n) is 2.76. The Labute approximate surface area is 73.0 Å². The van der Waals surface area contributed by atoms with E-state index in [0.29, 0.717) is 19.8 Å². The maximum absolute atomic E-state index is 5.79. The van der Waals surface area contributed by atoms with Crippen LogP contribution in [0.25, 0.3) is 0 Å². The molecule has 0 aromatic heterocycles. The highest BCUT2D eigenvalue weighted by atomic mass is 16.7. The summed E-state index contributed by atoms with van der Waals surface area (Å²) in [6.07, 6.45) is 0.573. The van der Waals surface area contributed by atoms with Crippen LogP contribution in [0, 0.1) is 0 Å². The van der Waals surface area contributed by atoms with E-state index < -0.39 is 0 Å². The van der Waals surface area contributed by atoms with Crippen molar-refractivity contribution >= 4 is 0 Å². The van der Waals surface area contributed by atoms with Gasteiger partial charge in [0.2, 0.25) is 0 Å². The minimum absolute atomic E-state index is 0.0564. The molecule has 1 atom stereocenters. The van der Waals surface area contributed by atoms with Crippen LogP contribution in [0.3, 0.4) is 0 Å². The number of hydrogen-bond donors (Lipinski definition) is 1. The lowest BCUT2D eigenvalue weighted by Crippen LogP contribution is -2.36. The third kappa shape index (κ3) is 3.06. The molecule has 0 aromatic carbocycles. The molecule has 4 nitrogen and oxygen atoms in total. The van der Waals surface area contributed by atoms with Gasteiger partial charge >= 0.3 is 0 Å². The van der Waals surface area contributed by atoms with Crippen molar-refractivity contribution in [1.82, 2.24) is 0 Å². The Bertz CT molecular complexity index is 115. The zero-order valence-electron chi connectivity index (χ0n) is 7.49. The number of hydrogen-bond acceptors (Lipinski definition) is 4. The first-order valence-electron chi connectivity index (χ1n) is 4.41. The molecular formula is C8H17NO3. The molecule has 1 aliphatic rings. The lowest BCUT2D eigenvalue weighted by molar-refractivity contribution is -0.0643. The largest absolute Gasteiger partial charge is 0.382 e. The Hall–Kier alpha value is -0.160. The first-order chi connectivity index (χ1) is 5.84. The van der Waals surface area contributed by atoms with E-state index in [1.165, 1.54) is 0 Å². The number of nitrogens with two attached hydrogens (primary N) is 1. The molecule has 1 fully saturated rings. The topological polar surface area (TPSA) is 53.7 Å². The number of ether oxygens (including phenoxy) is 3. The Balaban J connectivity index is 2.05. The van der Waals surface area contributed by atoms with E-state index in [-0.39, 0.29) is 12.3 Å². The van der Waals surface area contributed by atoms with Crippen molar-refractivity contribution in [2.45, 2.75) is 25.7 Å². The van der Waals surface area contributed by atoms with E-state index in [1.54, 1.807) is 0 Å². The van der Waals surface area contributed by atoms with Gasteiger partial charge in [-0.2, -0.15) is 0 Å². The summed E-state index contributed by atoms with van der Waals surface area (Å²) in [6.45, 7) is 4.70. The molecule has 0 amide bonds. The summed E-state index contributed by atoms with van der Waals surface area (Å²) in [7, 11) is 0.